The number of hydrogen-bond acceptors (Lipinski definition) is 4. The lowest BCUT2D eigenvalue weighted by Crippen LogP contribution is -2.38. The highest BCUT2D eigenvalue weighted by molar-refractivity contribution is 7.99. The van der Waals surface area contributed by atoms with Gasteiger partial charge in [-0.3, -0.25) is 9.78 Å². The smallest absolute Gasteiger partial charge is 0.257 e. The highest BCUT2D eigenvalue weighted by Gasteiger charge is 2.23. The SMILES string of the molecule is CC(C)c1ccc(Nc2c(C(=O)N3CCSCC3)cnc3ccccc23)cc1. The monoisotopic (exact) mass is 391 g/mol. The summed E-state index contributed by atoms with van der Waals surface area (Å²) in [6.07, 6.45) is 1.72. The number of thioether (sulfide) groups is 1. The Morgan fingerprint density at radius 3 is 2.50 bits per heavy atom. The molecule has 5 heteroatoms. The number of aromatic nitrogens is 1. The minimum absolute atomic E-state index is 0.0554. The van der Waals surface area contributed by atoms with Gasteiger partial charge in [0.2, 0.25) is 0 Å². The number of anilines is 2. The largest absolute Gasteiger partial charge is 0.354 e. The molecule has 4 rings (SSSR count). The lowest BCUT2D eigenvalue weighted by molar-refractivity contribution is 0.0773. The fourth-order valence-electron chi connectivity index (χ4n) is 3.47. The molecule has 1 saturated heterocycles. The van der Waals surface area contributed by atoms with E-state index in [-0.39, 0.29) is 5.91 Å². The predicted octanol–water partition coefficient (Wildman–Crippen LogP) is 5.29. The molecule has 2 aromatic carbocycles. The summed E-state index contributed by atoms with van der Waals surface area (Å²) in [4.78, 5) is 19.7. The number of hydrogen-bond donors (Lipinski definition) is 1. The first-order valence-electron chi connectivity index (χ1n) is 9.75. The minimum Gasteiger partial charge on any atom is -0.354 e. The first-order chi connectivity index (χ1) is 13.6. The third-order valence-corrected chi connectivity index (χ3v) is 6.09. The van der Waals surface area contributed by atoms with Crippen molar-refractivity contribution >= 4 is 39.9 Å². The van der Waals surface area contributed by atoms with Crippen molar-refractivity contribution in [3.05, 3.63) is 65.9 Å². The first-order valence-corrected chi connectivity index (χ1v) is 10.9. The summed E-state index contributed by atoms with van der Waals surface area (Å²) in [5, 5.41) is 4.47. The number of nitrogens with zero attached hydrogens (tertiary/aromatic N) is 2. The van der Waals surface area contributed by atoms with Crippen molar-refractivity contribution in [1.82, 2.24) is 9.88 Å². The molecule has 0 bridgehead atoms. The minimum atomic E-state index is 0.0554. The Kier molecular flexibility index (Phi) is 5.53. The van der Waals surface area contributed by atoms with Crippen LogP contribution in [0.25, 0.3) is 10.9 Å². The maximum Gasteiger partial charge on any atom is 0.257 e. The van der Waals surface area contributed by atoms with Crippen molar-refractivity contribution in [2.45, 2.75) is 19.8 Å². The Bertz CT molecular complexity index is 979. The number of carbonyl (C=O) groups excluding carboxylic acids is 1. The fraction of sp³-hybridized carbons (Fsp3) is 0.304. The third-order valence-electron chi connectivity index (χ3n) is 5.15. The normalized spacial score (nSPS) is 14.5. The van der Waals surface area contributed by atoms with Crippen LogP contribution in [0.15, 0.2) is 54.7 Å². The zero-order valence-electron chi connectivity index (χ0n) is 16.3. The summed E-state index contributed by atoms with van der Waals surface area (Å²) in [7, 11) is 0. The van der Waals surface area contributed by atoms with Gasteiger partial charge in [0.05, 0.1) is 16.8 Å². The van der Waals surface area contributed by atoms with Crippen molar-refractivity contribution in [3.8, 4) is 0 Å². The molecule has 1 aliphatic rings. The average molecular weight is 392 g/mol. The van der Waals surface area contributed by atoms with Crippen LogP contribution in [0.5, 0.6) is 0 Å². The molecule has 28 heavy (non-hydrogen) atoms. The summed E-state index contributed by atoms with van der Waals surface area (Å²) >= 11 is 1.90. The molecular formula is C23H25N3OS. The Hall–Kier alpha value is -2.53. The van der Waals surface area contributed by atoms with Gasteiger partial charge in [-0.1, -0.05) is 44.2 Å². The van der Waals surface area contributed by atoms with Gasteiger partial charge in [0.15, 0.2) is 0 Å². The summed E-state index contributed by atoms with van der Waals surface area (Å²) in [6.45, 7) is 5.96. The van der Waals surface area contributed by atoms with Gasteiger partial charge >= 0.3 is 0 Å². The number of para-hydroxylation sites is 1. The van der Waals surface area contributed by atoms with Gasteiger partial charge in [-0.25, -0.2) is 0 Å². The standard InChI is InChI=1S/C23H25N3OS/c1-16(2)17-7-9-18(10-8-17)25-22-19-5-3-4-6-21(19)24-15-20(22)23(27)26-11-13-28-14-12-26/h3-10,15-16H,11-14H2,1-2H3,(H,24,25). The van der Waals surface area contributed by atoms with Crippen LogP contribution in [0.1, 0.15) is 35.7 Å². The Morgan fingerprint density at radius 2 is 1.79 bits per heavy atom. The van der Waals surface area contributed by atoms with Gasteiger partial charge in [-0.2, -0.15) is 11.8 Å². The van der Waals surface area contributed by atoms with Crippen LogP contribution in [0, 0.1) is 0 Å². The molecule has 1 fully saturated rings. The summed E-state index contributed by atoms with van der Waals surface area (Å²) in [6, 6.07) is 16.4. The number of pyridine rings is 1. The number of nitrogens with one attached hydrogen (secondary N) is 1. The van der Waals surface area contributed by atoms with Crippen molar-refractivity contribution < 1.29 is 4.79 Å². The lowest BCUT2D eigenvalue weighted by Gasteiger charge is -2.27. The van der Waals surface area contributed by atoms with Crippen LogP contribution in [0.3, 0.4) is 0 Å². The van der Waals surface area contributed by atoms with Gasteiger partial charge < -0.3 is 10.2 Å². The molecule has 3 aromatic rings. The van der Waals surface area contributed by atoms with E-state index in [1.165, 1.54) is 5.56 Å². The van der Waals surface area contributed by atoms with Crippen LogP contribution in [0.2, 0.25) is 0 Å². The van der Waals surface area contributed by atoms with E-state index < -0.39 is 0 Å². The number of benzene rings is 2. The quantitative estimate of drug-likeness (QED) is 0.656. The van der Waals surface area contributed by atoms with Gasteiger partial charge in [0, 0.05) is 41.9 Å². The predicted molar refractivity (Wildman–Crippen MR) is 119 cm³/mol. The number of amides is 1. The van der Waals surface area contributed by atoms with E-state index in [1.807, 2.05) is 40.9 Å². The molecule has 0 saturated carbocycles. The Morgan fingerprint density at radius 1 is 1.07 bits per heavy atom. The molecule has 1 aromatic heterocycles. The molecule has 0 radical (unpaired) electrons. The molecule has 1 amide bonds. The third kappa shape index (κ3) is 3.85. The second-order valence-corrected chi connectivity index (χ2v) is 8.60. The Labute approximate surface area is 170 Å². The number of carbonyl (C=O) groups is 1. The topological polar surface area (TPSA) is 45.2 Å². The summed E-state index contributed by atoms with van der Waals surface area (Å²) in [5.41, 5.74) is 4.63. The van der Waals surface area contributed by atoms with Gasteiger partial charge in [0.1, 0.15) is 0 Å². The van der Waals surface area contributed by atoms with Crippen LogP contribution in [-0.2, 0) is 0 Å². The molecular weight excluding hydrogens is 366 g/mol. The maximum absolute atomic E-state index is 13.2. The lowest BCUT2D eigenvalue weighted by atomic mass is 10.0. The first kappa shape index (κ1) is 18.8. The second kappa shape index (κ2) is 8.23. The highest BCUT2D eigenvalue weighted by atomic mass is 32.2. The molecule has 0 unspecified atom stereocenters. The van der Waals surface area contributed by atoms with E-state index in [2.05, 4.69) is 48.4 Å². The van der Waals surface area contributed by atoms with Crippen LogP contribution in [0.4, 0.5) is 11.4 Å². The molecule has 0 aliphatic carbocycles. The second-order valence-electron chi connectivity index (χ2n) is 7.37. The molecule has 1 aliphatic heterocycles. The van der Waals surface area contributed by atoms with Crippen molar-refractivity contribution in [1.29, 1.82) is 0 Å². The molecule has 0 spiro atoms. The zero-order valence-corrected chi connectivity index (χ0v) is 17.1. The van der Waals surface area contributed by atoms with E-state index in [0.717, 1.165) is 46.9 Å². The van der Waals surface area contributed by atoms with Gasteiger partial charge in [0.25, 0.3) is 5.91 Å². The molecule has 2 heterocycles. The molecule has 1 N–H and O–H groups in total. The highest BCUT2D eigenvalue weighted by Crippen LogP contribution is 2.31. The van der Waals surface area contributed by atoms with E-state index in [4.69, 9.17) is 0 Å². The number of rotatable bonds is 4. The Balaban J connectivity index is 1.74. The van der Waals surface area contributed by atoms with Crippen molar-refractivity contribution in [2.75, 3.05) is 29.9 Å². The van der Waals surface area contributed by atoms with E-state index in [1.54, 1.807) is 6.20 Å². The zero-order chi connectivity index (χ0) is 19.5. The molecule has 0 atom stereocenters. The molecule has 4 nitrogen and oxygen atoms in total. The van der Waals surface area contributed by atoms with E-state index in [0.29, 0.717) is 11.5 Å². The van der Waals surface area contributed by atoms with Crippen LogP contribution < -0.4 is 5.32 Å². The van der Waals surface area contributed by atoms with Crippen molar-refractivity contribution in [2.24, 2.45) is 0 Å². The fourth-order valence-corrected chi connectivity index (χ4v) is 4.37. The summed E-state index contributed by atoms with van der Waals surface area (Å²) in [5.74, 6) is 2.53. The number of fused-ring (bicyclic) bond motifs is 1. The maximum atomic E-state index is 13.2. The summed E-state index contributed by atoms with van der Waals surface area (Å²) < 4.78 is 0. The van der Waals surface area contributed by atoms with E-state index in [9.17, 15) is 4.79 Å². The average Bonchev–Trinajstić information content (AvgIpc) is 2.74. The molecule has 144 valence electrons. The van der Waals surface area contributed by atoms with Crippen molar-refractivity contribution in [3.63, 3.8) is 0 Å². The van der Waals surface area contributed by atoms with Crippen LogP contribution >= 0.6 is 11.8 Å². The van der Waals surface area contributed by atoms with Gasteiger partial charge in [-0.05, 0) is 29.7 Å². The van der Waals surface area contributed by atoms with Crippen LogP contribution in [-0.4, -0.2) is 40.4 Å². The van der Waals surface area contributed by atoms with Gasteiger partial charge in [-0.15, -0.1) is 0 Å². The van der Waals surface area contributed by atoms with E-state index >= 15 is 0 Å².